The Kier molecular flexibility index (Phi) is 3.21. The Bertz CT molecular complexity index is 568. The maximum absolute atomic E-state index is 12.2. The van der Waals surface area contributed by atoms with Crippen LogP contribution in [0.3, 0.4) is 0 Å². The van der Waals surface area contributed by atoms with Crippen LogP contribution in [0.5, 0.6) is 0 Å². The molecule has 2 atom stereocenters. The molecule has 0 unspecified atom stereocenters. The van der Waals surface area contributed by atoms with Gasteiger partial charge in [-0.2, -0.15) is 0 Å². The molecule has 2 aliphatic rings. The van der Waals surface area contributed by atoms with Crippen molar-refractivity contribution in [2.75, 3.05) is 0 Å². The molecule has 5 heteroatoms. The van der Waals surface area contributed by atoms with Crippen LogP contribution in [0.25, 0.3) is 0 Å². The van der Waals surface area contributed by atoms with Gasteiger partial charge in [-0.25, -0.2) is 4.79 Å². The molecule has 0 bridgehead atoms. The minimum Gasteiger partial charge on any atom is -0.480 e. The van der Waals surface area contributed by atoms with E-state index in [0.29, 0.717) is 17.9 Å². The smallest absolute Gasteiger partial charge is 0.329 e. The van der Waals surface area contributed by atoms with Gasteiger partial charge in [0.15, 0.2) is 0 Å². The van der Waals surface area contributed by atoms with Crippen LogP contribution in [0.1, 0.15) is 37.2 Å². The first-order chi connectivity index (χ1) is 9.53. The van der Waals surface area contributed by atoms with Gasteiger partial charge in [0, 0.05) is 10.9 Å². The van der Waals surface area contributed by atoms with Gasteiger partial charge in [-0.05, 0) is 43.2 Å². The lowest BCUT2D eigenvalue weighted by atomic mass is 9.76. The Morgan fingerprint density at radius 2 is 2.00 bits per heavy atom. The molecule has 0 aliphatic heterocycles. The van der Waals surface area contributed by atoms with E-state index in [1.807, 2.05) is 24.3 Å². The number of rotatable bonds is 4. The van der Waals surface area contributed by atoms with Crippen LogP contribution in [0, 0.1) is 5.92 Å². The monoisotopic (exact) mass is 293 g/mol. The fraction of sp³-hybridized carbons (Fsp3) is 0.467. The fourth-order valence-electron chi connectivity index (χ4n) is 2.86. The second kappa shape index (κ2) is 4.77. The van der Waals surface area contributed by atoms with Crippen molar-refractivity contribution in [2.24, 2.45) is 5.92 Å². The van der Waals surface area contributed by atoms with Gasteiger partial charge in [-0.1, -0.05) is 29.8 Å². The Morgan fingerprint density at radius 3 is 2.55 bits per heavy atom. The molecule has 1 aromatic rings. The third kappa shape index (κ3) is 2.18. The van der Waals surface area contributed by atoms with Gasteiger partial charge in [0.05, 0.1) is 0 Å². The van der Waals surface area contributed by atoms with Crippen LogP contribution in [-0.2, 0) is 9.59 Å². The molecular weight excluding hydrogens is 278 g/mol. The van der Waals surface area contributed by atoms with E-state index >= 15 is 0 Å². The highest BCUT2D eigenvalue weighted by molar-refractivity contribution is 6.31. The SMILES string of the molecule is O=C(NC1(C(=O)O)CCC1)[C@H]1C[C@@H]1c1ccccc1Cl. The number of halogens is 1. The van der Waals surface area contributed by atoms with E-state index < -0.39 is 11.5 Å². The Morgan fingerprint density at radius 1 is 1.30 bits per heavy atom. The summed E-state index contributed by atoms with van der Waals surface area (Å²) in [5, 5.41) is 12.6. The minimum atomic E-state index is -1.02. The van der Waals surface area contributed by atoms with E-state index in [9.17, 15) is 14.7 Å². The second-order valence-corrected chi connectivity index (χ2v) is 6.11. The number of carbonyl (C=O) groups is 2. The van der Waals surface area contributed by atoms with Gasteiger partial charge in [0.1, 0.15) is 5.54 Å². The zero-order chi connectivity index (χ0) is 14.3. The molecule has 4 nitrogen and oxygen atoms in total. The molecule has 3 rings (SSSR count). The number of nitrogens with one attached hydrogen (secondary N) is 1. The van der Waals surface area contributed by atoms with Crippen LogP contribution < -0.4 is 5.32 Å². The third-order valence-corrected chi connectivity index (χ3v) is 4.76. The average molecular weight is 294 g/mol. The topological polar surface area (TPSA) is 66.4 Å². The summed E-state index contributed by atoms with van der Waals surface area (Å²) in [6.45, 7) is 0. The maximum Gasteiger partial charge on any atom is 0.329 e. The number of hydrogen-bond acceptors (Lipinski definition) is 2. The van der Waals surface area contributed by atoms with Gasteiger partial charge in [0.25, 0.3) is 0 Å². The molecule has 0 heterocycles. The molecule has 2 saturated carbocycles. The molecule has 1 aromatic carbocycles. The number of aliphatic carboxylic acids is 1. The number of hydrogen-bond donors (Lipinski definition) is 2. The van der Waals surface area contributed by atoms with E-state index in [-0.39, 0.29) is 17.7 Å². The summed E-state index contributed by atoms with van der Waals surface area (Å²) in [5.74, 6) is -1.11. The lowest BCUT2D eigenvalue weighted by Crippen LogP contribution is -2.59. The van der Waals surface area contributed by atoms with Crippen LogP contribution in [0.15, 0.2) is 24.3 Å². The van der Waals surface area contributed by atoms with E-state index in [1.165, 1.54) is 0 Å². The van der Waals surface area contributed by atoms with Crippen molar-refractivity contribution < 1.29 is 14.7 Å². The van der Waals surface area contributed by atoms with Crippen molar-refractivity contribution in [3.05, 3.63) is 34.9 Å². The summed E-state index contributed by atoms with van der Waals surface area (Å²) in [7, 11) is 0. The lowest BCUT2D eigenvalue weighted by Gasteiger charge is -2.38. The molecule has 0 aromatic heterocycles. The lowest BCUT2D eigenvalue weighted by molar-refractivity contribution is -0.152. The Labute approximate surface area is 122 Å². The summed E-state index contributed by atoms with van der Waals surface area (Å²) in [4.78, 5) is 23.4. The highest BCUT2D eigenvalue weighted by atomic mass is 35.5. The van der Waals surface area contributed by atoms with E-state index in [2.05, 4.69) is 5.32 Å². The van der Waals surface area contributed by atoms with E-state index in [4.69, 9.17) is 11.6 Å². The molecule has 106 valence electrons. The molecule has 20 heavy (non-hydrogen) atoms. The van der Waals surface area contributed by atoms with Crippen LogP contribution in [0.4, 0.5) is 0 Å². The summed E-state index contributed by atoms with van der Waals surface area (Å²) in [6, 6.07) is 7.50. The highest BCUT2D eigenvalue weighted by Gasteiger charge is 2.51. The maximum atomic E-state index is 12.2. The normalized spacial score (nSPS) is 26.4. The van der Waals surface area contributed by atoms with Gasteiger partial charge < -0.3 is 10.4 Å². The van der Waals surface area contributed by atoms with Crippen LogP contribution in [-0.4, -0.2) is 22.5 Å². The predicted molar refractivity (Wildman–Crippen MR) is 74.7 cm³/mol. The molecular formula is C15H16ClNO3. The van der Waals surface area contributed by atoms with Gasteiger partial charge in [-0.3, -0.25) is 4.79 Å². The summed E-state index contributed by atoms with van der Waals surface area (Å²) in [6.07, 6.45) is 2.64. The van der Waals surface area contributed by atoms with Gasteiger partial charge >= 0.3 is 5.97 Å². The van der Waals surface area contributed by atoms with Crippen molar-refractivity contribution in [3.8, 4) is 0 Å². The Hall–Kier alpha value is -1.55. The third-order valence-electron chi connectivity index (χ3n) is 4.41. The quantitative estimate of drug-likeness (QED) is 0.896. The summed E-state index contributed by atoms with van der Waals surface area (Å²) >= 11 is 6.13. The molecule has 0 saturated heterocycles. The number of carboxylic acid groups (broad SMARTS) is 1. The average Bonchev–Trinajstić information content (AvgIpc) is 3.13. The highest BCUT2D eigenvalue weighted by Crippen LogP contribution is 2.50. The van der Waals surface area contributed by atoms with Crippen molar-refractivity contribution >= 4 is 23.5 Å². The van der Waals surface area contributed by atoms with Crippen LogP contribution >= 0.6 is 11.6 Å². The van der Waals surface area contributed by atoms with Gasteiger partial charge in [0.2, 0.25) is 5.91 Å². The fourth-order valence-corrected chi connectivity index (χ4v) is 3.13. The zero-order valence-corrected chi connectivity index (χ0v) is 11.7. The molecule has 2 aliphatic carbocycles. The van der Waals surface area contributed by atoms with E-state index in [1.54, 1.807) is 0 Å². The number of carbonyl (C=O) groups excluding carboxylic acids is 1. The largest absolute Gasteiger partial charge is 0.480 e. The minimum absolute atomic E-state index is 0.120. The first-order valence-corrected chi connectivity index (χ1v) is 7.21. The van der Waals surface area contributed by atoms with E-state index in [0.717, 1.165) is 18.4 Å². The van der Waals surface area contributed by atoms with Crippen molar-refractivity contribution in [2.45, 2.75) is 37.1 Å². The predicted octanol–water partition coefficient (Wildman–Crippen LogP) is 2.57. The molecule has 1 amide bonds. The number of carboxylic acids is 1. The van der Waals surface area contributed by atoms with Crippen molar-refractivity contribution in [1.29, 1.82) is 0 Å². The number of benzene rings is 1. The van der Waals surface area contributed by atoms with Crippen molar-refractivity contribution in [1.82, 2.24) is 5.32 Å². The molecule has 2 fully saturated rings. The number of amides is 1. The molecule has 0 radical (unpaired) electrons. The first-order valence-electron chi connectivity index (χ1n) is 6.83. The first kappa shape index (κ1) is 13.4. The summed E-state index contributed by atoms with van der Waals surface area (Å²) in [5.41, 5.74) is -0.0441. The van der Waals surface area contributed by atoms with Crippen molar-refractivity contribution in [3.63, 3.8) is 0 Å². The summed E-state index contributed by atoms with van der Waals surface area (Å²) < 4.78 is 0. The molecule has 0 spiro atoms. The molecule has 2 N–H and O–H groups in total. The Balaban J connectivity index is 1.66. The second-order valence-electron chi connectivity index (χ2n) is 5.70. The zero-order valence-electron chi connectivity index (χ0n) is 10.9. The van der Waals surface area contributed by atoms with Gasteiger partial charge in [-0.15, -0.1) is 0 Å². The standard InChI is InChI=1S/C15H16ClNO3/c16-12-5-2-1-4-9(12)10-8-11(10)13(18)17-15(14(19)20)6-3-7-15/h1-2,4-5,10-11H,3,6-8H2,(H,17,18)(H,19,20)/t10-,11+/m1/s1. The van der Waals surface area contributed by atoms with Crippen LogP contribution in [0.2, 0.25) is 5.02 Å².